The molecule has 2 rings (SSSR count). The van der Waals surface area contributed by atoms with E-state index in [1.54, 1.807) is 5.32 Å². The number of carbonyl (C=O) groups is 2. The lowest BCUT2D eigenvalue weighted by atomic mass is 9.96. The topological polar surface area (TPSA) is 58.2 Å². The van der Waals surface area contributed by atoms with Crippen LogP contribution in [0.15, 0.2) is 40.9 Å². The minimum absolute atomic E-state index is 0.101. The fourth-order valence-corrected chi connectivity index (χ4v) is 3.13. The Morgan fingerprint density at radius 1 is 1.08 bits per heavy atom. The van der Waals surface area contributed by atoms with Crippen LogP contribution < -0.4 is 10.6 Å². The van der Waals surface area contributed by atoms with E-state index in [0.717, 1.165) is 12.2 Å². The van der Waals surface area contributed by atoms with Crippen LogP contribution in [0.2, 0.25) is 5.02 Å². The average molecular weight is 610 g/mol. The fraction of sp³-hybridized carbons (Fsp3) is 0.273. The first-order valence-corrected chi connectivity index (χ1v) is 10.9. The number of amides is 1. The first-order valence-electron chi connectivity index (χ1n) is 9.71. The van der Waals surface area contributed by atoms with Crippen LogP contribution in [0.5, 0.6) is 0 Å². The molecule has 1 atom stereocenters. The molecule has 2 aromatic rings. The molecule has 0 bridgehead atoms. The molecular formula is C22H18BrClF8N2O2. The van der Waals surface area contributed by atoms with Gasteiger partial charge in [-0.15, -0.1) is 0 Å². The standard InChI is InChI=1S/C17H9BrClF5O.C5H9F3N2O/c18-13-5-9(1-3-10(13)8-25)2-4-12(17(22,23)24)11-6-14(20)16(19)15(21)7-11;1-9-2-4(11)10-3-5(6,7)8/h1-8,12H;9H,2-3H2,1H3,(H,10,11)/b4-2+;. The van der Waals surface area contributed by atoms with Gasteiger partial charge in [0.15, 0.2) is 6.29 Å². The van der Waals surface area contributed by atoms with E-state index in [9.17, 15) is 44.7 Å². The molecule has 0 fully saturated rings. The van der Waals surface area contributed by atoms with Gasteiger partial charge in [0.2, 0.25) is 5.91 Å². The van der Waals surface area contributed by atoms with Crippen LogP contribution in [0.3, 0.4) is 0 Å². The number of likely N-dealkylation sites (N-methyl/N-ethyl adjacent to an activating group) is 1. The molecule has 0 radical (unpaired) electrons. The lowest BCUT2D eigenvalue weighted by Gasteiger charge is -2.18. The Kier molecular flexibility index (Phi) is 12.0. The van der Waals surface area contributed by atoms with Crippen molar-refractivity contribution in [3.63, 3.8) is 0 Å². The molecule has 0 aliphatic carbocycles. The minimum atomic E-state index is -4.76. The van der Waals surface area contributed by atoms with Gasteiger partial charge in [-0.25, -0.2) is 8.78 Å². The molecule has 0 aromatic heterocycles. The van der Waals surface area contributed by atoms with Crippen LogP contribution in [0, 0.1) is 11.6 Å². The van der Waals surface area contributed by atoms with Gasteiger partial charge in [0.05, 0.1) is 12.5 Å². The van der Waals surface area contributed by atoms with Crippen LogP contribution >= 0.6 is 27.5 Å². The van der Waals surface area contributed by atoms with Crippen molar-refractivity contribution in [2.45, 2.75) is 18.3 Å². The van der Waals surface area contributed by atoms with Crippen molar-refractivity contribution >= 4 is 45.8 Å². The molecule has 4 nitrogen and oxygen atoms in total. The van der Waals surface area contributed by atoms with Crippen molar-refractivity contribution in [1.82, 2.24) is 10.6 Å². The molecule has 0 saturated carbocycles. The Hall–Kier alpha value is -2.51. The molecular weight excluding hydrogens is 592 g/mol. The van der Waals surface area contributed by atoms with E-state index in [0.29, 0.717) is 34.0 Å². The number of rotatable bonds is 7. The predicted molar refractivity (Wildman–Crippen MR) is 122 cm³/mol. The summed E-state index contributed by atoms with van der Waals surface area (Å²) in [5.41, 5.74) is 0.111. The van der Waals surface area contributed by atoms with Gasteiger partial charge in [0.1, 0.15) is 23.2 Å². The van der Waals surface area contributed by atoms with E-state index < -0.39 is 52.9 Å². The van der Waals surface area contributed by atoms with Gasteiger partial charge in [-0.1, -0.05) is 45.7 Å². The molecule has 0 spiro atoms. The van der Waals surface area contributed by atoms with Crippen LogP contribution in [0.1, 0.15) is 27.4 Å². The highest BCUT2D eigenvalue weighted by molar-refractivity contribution is 9.10. The summed E-state index contributed by atoms with van der Waals surface area (Å²) < 4.78 is 102. The number of allylic oxidation sites excluding steroid dienone is 1. The second-order valence-electron chi connectivity index (χ2n) is 7.00. The second-order valence-corrected chi connectivity index (χ2v) is 8.23. The van der Waals surface area contributed by atoms with Gasteiger partial charge in [-0.05, 0) is 42.4 Å². The molecule has 2 aromatic carbocycles. The fourth-order valence-electron chi connectivity index (χ4n) is 2.54. The maximum atomic E-state index is 13.5. The zero-order chi connectivity index (χ0) is 27.7. The van der Waals surface area contributed by atoms with Crippen LogP contribution in [-0.4, -0.2) is 44.7 Å². The number of aldehydes is 1. The molecule has 2 N–H and O–H groups in total. The van der Waals surface area contributed by atoms with Crippen molar-refractivity contribution in [1.29, 1.82) is 0 Å². The highest BCUT2D eigenvalue weighted by atomic mass is 79.9. The van der Waals surface area contributed by atoms with Gasteiger partial charge in [-0.2, -0.15) is 26.3 Å². The molecule has 14 heteroatoms. The van der Waals surface area contributed by atoms with Crippen LogP contribution in [0.25, 0.3) is 6.08 Å². The Balaban J connectivity index is 0.000000497. The Bertz CT molecular complexity index is 1070. The van der Waals surface area contributed by atoms with Gasteiger partial charge in [0, 0.05) is 10.0 Å². The Morgan fingerprint density at radius 2 is 1.67 bits per heavy atom. The molecule has 1 unspecified atom stereocenters. The van der Waals surface area contributed by atoms with Crippen molar-refractivity contribution < 1.29 is 44.7 Å². The van der Waals surface area contributed by atoms with E-state index in [4.69, 9.17) is 11.6 Å². The van der Waals surface area contributed by atoms with Crippen molar-refractivity contribution in [2.24, 2.45) is 0 Å². The summed E-state index contributed by atoms with van der Waals surface area (Å²) in [7, 11) is 1.48. The smallest absolute Gasteiger partial charge is 0.346 e. The quantitative estimate of drug-likeness (QED) is 0.216. The third-order valence-corrected chi connectivity index (χ3v) is 5.22. The Labute approximate surface area is 213 Å². The highest BCUT2D eigenvalue weighted by Gasteiger charge is 2.39. The highest BCUT2D eigenvalue weighted by Crippen LogP contribution is 2.38. The normalized spacial score (nSPS) is 12.6. The lowest BCUT2D eigenvalue weighted by Crippen LogP contribution is -2.38. The van der Waals surface area contributed by atoms with E-state index >= 15 is 0 Å². The van der Waals surface area contributed by atoms with Crippen LogP contribution in [0.4, 0.5) is 35.1 Å². The molecule has 0 aliphatic rings. The van der Waals surface area contributed by atoms with Gasteiger partial charge >= 0.3 is 12.4 Å². The number of benzene rings is 2. The first-order chi connectivity index (χ1) is 16.6. The van der Waals surface area contributed by atoms with Crippen molar-refractivity contribution in [3.05, 3.63) is 74.2 Å². The van der Waals surface area contributed by atoms with E-state index in [1.165, 1.54) is 25.2 Å². The summed E-state index contributed by atoms with van der Waals surface area (Å²) in [5.74, 6) is -5.42. The zero-order valence-corrected chi connectivity index (χ0v) is 20.5. The third kappa shape index (κ3) is 10.6. The first kappa shape index (κ1) is 31.5. The number of alkyl halides is 6. The summed E-state index contributed by atoms with van der Waals surface area (Å²) in [5, 5.41) is 3.26. The molecule has 1 amide bonds. The summed E-state index contributed by atoms with van der Waals surface area (Å²) in [6, 6.07) is 5.44. The van der Waals surface area contributed by atoms with Crippen molar-refractivity contribution in [3.8, 4) is 0 Å². The Morgan fingerprint density at radius 3 is 2.11 bits per heavy atom. The maximum absolute atomic E-state index is 13.5. The number of hydrogen-bond acceptors (Lipinski definition) is 3. The lowest BCUT2D eigenvalue weighted by molar-refractivity contribution is -0.139. The van der Waals surface area contributed by atoms with Gasteiger partial charge in [-0.3, -0.25) is 9.59 Å². The maximum Gasteiger partial charge on any atom is 0.405 e. The molecule has 0 aliphatic heterocycles. The molecule has 0 heterocycles. The largest absolute Gasteiger partial charge is 0.405 e. The van der Waals surface area contributed by atoms with E-state index in [-0.39, 0.29) is 6.54 Å². The summed E-state index contributed by atoms with van der Waals surface area (Å²) in [6.07, 6.45) is -6.56. The number of nitrogens with one attached hydrogen (secondary N) is 2. The number of halogens is 10. The second kappa shape index (κ2) is 13.7. The van der Waals surface area contributed by atoms with Crippen LogP contribution in [-0.2, 0) is 4.79 Å². The van der Waals surface area contributed by atoms with Gasteiger partial charge < -0.3 is 10.6 Å². The predicted octanol–water partition coefficient (Wildman–Crippen LogP) is 6.44. The van der Waals surface area contributed by atoms with E-state index in [2.05, 4.69) is 21.2 Å². The molecule has 198 valence electrons. The summed E-state index contributed by atoms with van der Waals surface area (Å²) in [6.45, 7) is -1.37. The summed E-state index contributed by atoms with van der Waals surface area (Å²) in [4.78, 5) is 21.2. The monoisotopic (exact) mass is 608 g/mol. The third-order valence-electron chi connectivity index (χ3n) is 4.17. The van der Waals surface area contributed by atoms with Gasteiger partial charge in [0.25, 0.3) is 0 Å². The summed E-state index contributed by atoms with van der Waals surface area (Å²) >= 11 is 8.43. The SMILES string of the molecule is CNCC(=O)NCC(F)(F)F.O=Cc1ccc(/C=C/C(c2cc(F)c(Cl)c(F)c2)C(F)(F)F)cc1Br. The number of carbonyl (C=O) groups excluding carboxylic acids is 2. The van der Waals surface area contributed by atoms with E-state index in [1.807, 2.05) is 0 Å². The van der Waals surface area contributed by atoms with Crippen molar-refractivity contribution in [2.75, 3.05) is 20.1 Å². The molecule has 36 heavy (non-hydrogen) atoms. The molecule has 0 saturated heterocycles. The number of hydrogen-bond donors (Lipinski definition) is 2. The zero-order valence-electron chi connectivity index (χ0n) is 18.2. The average Bonchev–Trinajstić information content (AvgIpc) is 2.75. The minimum Gasteiger partial charge on any atom is -0.346 e.